The molecule has 0 radical (unpaired) electrons. The van der Waals surface area contributed by atoms with E-state index in [-0.39, 0.29) is 23.4 Å². The van der Waals surface area contributed by atoms with Crippen LogP contribution in [0.5, 0.6) is 11.5 Å². The minimum atomic E-state index is -1.23. The van der Waals surface area contributed by atoms with Crippen molar-refractivity contribution in [3.63, 3.8) is 0 Å². The number of hydrogen-bond donors (Lipinski definition) is 3. The molecule has 3 N–H and O–H groups in total. The van der Waals surface area contributed by atoms with Crippen LogP contribution >= 0.6 is 11.6 Å². The molecule has 0 spiro atoms. The SMILES string of the molecule is COc1cc(C(=O)NCC(O)c2cc(C(C)(C)NC(=O)OC(C)(C)C)cc(-c3ccc(F)c(Cl)c3)n2)ccc1OC1C=C1. The van der Waals surface area contributed by atoms with Gasteiger partial charge in [0.1, 0.15) is 23.6 Å². The second kappa shape index (κ2) is 12.6. The maximum Gasteiger partial charge on any atom is 0.408 e. The van der Waals surface area contributed by atoms with Gasteiger partial charge in [0.25, 0.3) is 5.91 Å². The highest BCUT2D eigenvalue weighted by Gasteiger charge is 2.28. The highest BCUT2D eigenvalue weighted by atomic mass is 35.5. The number of hydrogen-bond acceptors (Lipinski definition) is 7. The van der Waals surface area contributed by atoms with Crippen LogP contribution in [0.15, 0.2) is 60.7 Å². The van der Waals surface area contributed by atoms with Gasteiger partial charge in [0, 0.05) is 17.7 Å². The topological polar surface area (TPSA) is 119 Å². The van der Waals surface area contributed by atoms with E-state index < -0.39 is 35.1 Å². The number of nitrogens with one attached hydrogen (secondary N) is 2. The molecule has 3 aromatic rings. The summed E-state index contributed by atoms with van der Waals surface area (Å²) in [5, 5.41) is 16.6. The lowest BCUT2D eigenvalue weighted by Crippen LogP contribution is -2.44. The number of carbonyl (C=O) groups excluding carboxylic acids is 2. The molecule has 0 saturated heterocycles. The van der Waals surface area contributed by atoms with Crippen LogP contribution in [0.4, 0.5) is 9.18 Å². The van der Waals surface area contributed by atoms with Crippen molar-refractivity contribution in [3.05, 3.63) is 88.3 Å². The molecule has 2 aromatic carbocycles. The van der Waals surface area contributed by atoms with Crippen molar-refractivity contribution in [2.75, 3.05) is 13.7 Å². The van der Waals surface area contributed by atoms with Gasteiger partial charge >= 0.3 is 6.09 Å². The predicted molar refractivity (Wildman–Crippen MR) is 161 cm³/mol. The van der Waals surface area contributed by atoms with Crippen LogP contribution in [0, 0.1) is 5.82 Å². The Morgan fingerprint density at radius 3 is 2.40 bits per heavy atom. The number of alkyl carbamates (subject to hydrolysis) is 1. The van der Waals surface area contributed by atoms with Crippen LogP contribution in [0.1, 0.15) is 62.3 Å². The first-order chi connectivity index (χ1) is 20.1. The van der Waals surface area contributed by atoms with Crippen molar-refractivity contribution >= 4 is 23.6 Å². The Labute approximate surface area is 255 Å². The van der Waals surface area contributed by atoms with Crippen LogP contribution in [0.2, 0.25) is 5.02 Å². The molecule has 0 bridgehead atoms. The molecule has 1 atom stereocenters. The Kier molecular flexibility index (Phi) is 9.32. The number of aromatic nitrogens is 1. The molecule has 0 aliphatic heterocycles. The van der Waals surface area contributed by atoms with E-state index in [0.29, 0.717) is 33.9 Å². The van der Waals surface area contributed by atoms with Crippen LogP contribution < -0.4 is 20.1 Å². The Hall–Kier alpha value is -4.15. The number of amides is 2. The number of carbonyl (C=O) groups is 2. The summed E-state index contributed by atoms with van der Waals surface area (Å²) in [4.78, 5) is 30.1. The van der Waals surface area contributed by atoms with E-state index in [1.807, 2.05) is 12.2 Å². The van der Waals surface area contributed by atoms with Crippen molar-refractivity contribution in [3.8, 4) is 22.8 Å². The van der Waals surface area contributed by atoms with Gasteiger partial charge in [0.15, 0.2) is 11.5 Å². The van der Waals surface area contributed by atoms with Crippen LogP contribution in [0.25, 0.3) is 11.3 Å². The van der Waals surface area contributed by atoms with Gasteiger partial charge in [-0.3, -0.25) is 4.79 Å². The van der Waals surface area contributed by atoms with Gasteiger partial charge in [-0.25, -0.2) is 14.2 Å². The number of methoxy groups -OCH3 is 1. The molecular weight excluding hydrogens is 577 g/mol. The Morgan fingerprint density at radius 2 is 1.77 bits per heavy atom. The summed E-state index contributed by atoms with van der Waals surface area (Å²) in [7, 11) is 1.48. The first kappa shape index (κ1) is 31.8. The van der Waals surface area contributed by atoms with Crippen LogP contribution in [-0.2, 0) is 10.3 Å². The molecule has 11 heteroatoms. The van der Waals surface area contributed by atoms with E-state index in [2.05, 4.69) is 15.6 Å². The summed E-state index contributed by atoms with van der Waals surface area (Å²) in [5.74, 6) is -0.122. The van der Waals surface area contributed by atoms with Crippen LogP contribution in [-0.4, -0.2) is 47.5 Å². The molecule has 9 nitrogen and oxygen atoms in total. The zero-order chi connectivity index (χ0) is 31.5. The number of nitrogens with zero attached hydrogens (tertiary/aromatic N) is 1. The Morgan fingerprint density at radius 1 is 1.05 bits per heavy atom. The quantitative estimate of drug-likeness (QED) is 0.237. The van der Waals surface area contributed by atoms with Gasteiger partial charge < -0.3 is 30.0 Å². The second-order valence-electron chi connectivity index (χ2n) is 11.6. The second-order valence-corrected chi connectivity index (χ2v) is 12.0. The van der Waals surface area contributed by atoms with Gasteiger partial charge in [-0.1, -0.05) is 11.6 Å². The lowest BCUT2D eigenvalue weighted by Gasteiger charge is -2.30. The molecule has 228 valence electrons. The van der Waals surface area contributed by atoms with Crippen LogP contribution in [0.3, 0.4) is 0 Å². The van der Waals surface area contributed by atoms with E-state index in [0.717, 1.165) is 0 Å². The fourth-order valence-electron chi connectivity index (χ4n) is 4.09. The fourth-order valence-corrected chi connectivity index (χ4v) is 4.27. The predicted octanol–water partition coefficient (Wildman–Crippen LogP) is 6.09. The molecular formula is C32H35ClFN3O6. The molecule has 0 fully saturated rings. The summed E-state index contributed by atoms with van der Waals surface area (Å²) < 4.78 is 30.4. The molecule has 4 rings (SSSR count). The first-order valence-electron chi connectivity index (χ1n) is 13.6. The number of ether oxygens (including phenoxy) is 3. The van der Waals surface area contributed by atoms with Crippen molar-refractivity contribution < 1.29 is 33.3 Å². The zero-order valence-corrected chi connectivity index (χ0v) is 25.6. The molecule has 1 aliphatic carbocycles. The average molecular weight is 612 g/mol. The summed E-state index contributed by atoms with van der Waals surface area (Å²) in [6.07, 6.45) is 1.83. The highest BCUT2D eigenvalue weighted by molar-refractivity contribution is 6.31. The number of rotatable bonds is 10. The monoisotopic (exact) mass is 611 g/mol. The lowest BCUT2D eigenvalue weighted by molar-refractivity contribution is 0.0470. The van der Waals surface area contributed by atoms with Gasteiger partial charge in [0.2, 0.25) is 0 Å². The normalized spacial score (nSPS) is 13.7. The highest BCUT2D eigenvalue weighted by Crippen LogP contribution is 2.32. The largest absolute Gasteiger partial charge is 0.493 e. The van der Waals surface area contributed by atoms with Gasteiger partial charge in [-0.05, 0) is 101 Å². The van der Waals surface area contributed by atoms with E-state index in [4.69, 9.17) is 25.8 Å². The Balaban J connectivity index is 1.58. The van der Waals surface area contributed by atoms with Crippen molar-refractivity contribution in [2.45, 2.75) is 58.0 Å². The van der Waals surface area contributed by atoms with E-state index in [1.165, 1.54) is 25.3 Å². The third-order valence-corrected chi connectivity index (χ3v) is 6.72. The summed E-state index contributed by atoms with van der Waals surface area (Å²) >= 11 is 6.03. The summed E-state index contributed by atoms with van der Waals surface area (Å²) in [6, 6.07) is 12.3. The molecule has 1 unspecified atom stereocenters. The number of aliphatic hydroxyl groups is 1. The number of pyridine rings is 1. The third kappa shape index (κ3) is 8.46. The van der Waals surface area contributed by atoms with E-state index in [1.54, 1.807) is 65.0 Å². The van der Waals surface area contributed by atoms with Gasteiger partial charge in [0.05, 0.1) is 29.1 Å². The molecule has 1 aliphatic rings. The summed E-state index contributed by atoms with van der Waals surface area (Å²) in [5.41, 5.74) is 0.294. The maximum absolute atomic E-state index is 13.9. The van der Waals surface area contributed by atoms with Gasteiger partial charge in [-0.2, -0.15) is 0 Å². The van der Waals surface area contributed by atoms with Crippen molar-refractivity contribution in [1.82, 2.24) is 15.6 Å². The molecule has 43 heavy (non-hydrogen) atoms. The molecule has 1 heterocycles. The van der Waals surface area contributed by atoms with Crippen molar-refractivity contribution in [2.24, 2.45) is 0 Å². The Bertz CT molecular complexity index is 1550. The first-order valence-corrected chi connectivity index (χ1v) is 14.0. The number of aliphatic hydroxyl groups excluding tert-OH is 1. The molecule has 0 saturated carbocycles. The van der Waals surface area contributed by atoms with Crippen molar-refractivity contribution in [1.29, 1.82) is 0 Å². The minimum absolute atomic E-state index is 0.0767. The average Bonchev–Trinajstić information content (AvgIpc) is 3.75. The fraction of sp³-hybridized carbons (Fsp3) is 0.344. The standard InChI is InChI=1S/C32H35ClFN3O6/c1-31(2,3)43-30(40)37-32(4,5)20-15-24(18-7-11-23(34)22(33)13-18)36-25(16-20)26(38)17-35-29(39)19-8-12-27(28(14-19)41-6)42-21-9-10-21/h7-16,21,26,38H,17H2,1-6H3,(H,35,39)(H,37,40). The molecule has 2 amide bonds. The maximum atomic E-state index is 13.9. The lowest BCUT2D eigenvalue weighted by atomic mass is 9.92. The summed E-state index contributed by atoms with van der Waals surface area (Å²) in [6.45, 7) is 8.64. The van der Waals surface area contributed by atoms with Gasteiger partial charge in [-0.15, -0.1) is 0 Å². The smallest absolute Gasteiger partial charge is 0.408 e. The van der Waals surface area contributed by atoms with E-state index in [9.17, 15) is 19.1 Å². The third-order valence-electron chi connectivity index (χ3n) is 6.43. The zero-order valence-electron chi connectivity index (χ0n) is 24.8. The minimum Gasteiger partial charge on any atom is -0.493 e. The van der Waals surface area contributed by atoms with E-state index >= 15 is 0 Å². The number of halogens is 2. The number of benzene rings is 2. The molecule has 1 aromatic heterocycles.